The van der Waals surface area contributed by atoms with Gasteiger partial charge in [0.05, 0.1) is 18.2 Å². The number of hydrogen-bond acceptors (Lipinski definition) is 5. The zero-order valence-electron chi connectivity index (χ0n) is 19.8. The van der Waals surface area contributed by atoms with Crippen LogP contribution in [0.15, 0.2) is 59.8 Å². The minimum Gasteiger partial charge on any atom is -0.464 e. The summed E-state index contributed by atoms with van der Waals surface area (Å²) >= 11 is 0. The van der Waals surface area contributed by atoms with Gasteiger partial charge in [0.25, 0.3) is 5.91 Å². The lowest BCUT2D eigenvalue weighted by atomic mass is 9.98. The molecule has 172 valence electrons. The van der Waals surface area contributed by atoms with Crippen LogP contribution in [0.1, 0.15) is 52.5 Å². The summed E-state index contributed by atoms with van der Waals surface area (Å²) in [5.41, 5.74) is 5.24. The van der Waals surface area contributed by atoms with E-state index in [-0.39, 0.29) is 24.6 Å². The molecule has 1 heterocycles. The number of nitriles is 1. The second kappa shape index (κ2) is 10.8. The molecule has 3 rings (SSSR count). The molecular weight excluding hydrogens is 414 g/mol. The van der Waals surface area contributed by atoms with Crippen LogP contribution in [-0.2, 0) is 14.3 Å². The third-order valence-electron chi connectivity index (χ3n) is 6.04. The molecule has 1 aliphatic rings. The number of rotatable bonds is 8. The van der Waals surface area contributed by atoms with Crippen molar-refractivity contribution in [1.29, 1.82) is 5.26 Å². The third kappa shape index (κ3) is 5.25. The van der Waals surface area contributed by atoms with Gasteiger partial charge in [-0.2, -0.15) is 5.26 Å². The summed E-state index contributed by atoms with van der Waals surface area (Å²) in [6.45, 7) is 7.89. The van der Waals surface area contributed by atoms with Crippen LogP contribution in [0.2, 0.25) is 0 Å². The van der Waals surface area contributed by atoms with Gasteiger partial charge in [0, 0.05) is 23.9 Å². The Morgan fingerprint density at radius 1 is 1.15 bits per heavy atom. The minimum atomic E-state index is -0.354. The highest BCUT2D eigenvalue weighted by atomic mass is 16.5. The number of carbonyl (C=O) groups is 2. The molecule has 0 N–H and O–H groups in total. The van der Waals surface area contributed by atoms with Gasteiger partial charge in [0.15, 0.2) is 0 Å². The molecule has 2 aromatic rings. The minimum absolute atomic E-state index is 0.0171. The van der Waals surface area contributed by atoms with Crippen LogP contribution in [0.25, 0.3) is 11.1 Å². The number of nitrogens with zero attached hydrogens (tertiary/aromatic N) is 3. The first-order valence-corrected chi connectivity index (χ1v) is 11.4. The van der Waals surface area contributed by atoms with Gasteiger partial charge in [0.2, 0.25) is 0 Å². The number of benzene rings is 2. The maximum Gasteiger partial charge on any atom is 0.302 e. The lowest BCUT2D eigenvalue weighted by Gasteiger charge is -2.45. The van der Waals surface area contributed by atoms with E-state index >= 15 is 0 Å². The van der Waals surface area contributed by atoms with Crippen LogP contribution in [0.3, 0.4) is 0 Å². The number of unbranched alkanes of at least 4 members (excludes halogenated alkanes) is 1. The molecule has 0 fully saturated rings. The topological polar surface area (TPSA) is 73.6 Å². The first kappa shape index (κ1) is 24.1. The molecule has 1 amide bonds. The lowest BCUT2D eigenvalue weighted by molar-refractivity contribution is -0.143. The van der Waals surface area contributed by atoms with Gasteiger partial charge in [-0.25, -0.2) is 0 Å². The molecule has 1 atom stereocenters. The van der Waals surface area contributed by atoms with Gasteiger partial charge in [-0.15, -0.1) is 0 Å². The van der Waals surface area contributed by atoms with Crippen molar-refractivity contribution in [2.75, 3.05) is 18.1 Å². The molecule has 0 saturated heterocycles. The average Bonchev–Trinajstić information content (AvgIpc) is 2.82. The molecule has 0 aromatic heterocycles. The van der Waals surface area contributed by atoms with E-state index in [1.165, 1.54) is 6.92 Å². The van der Waals surface area contributed by atoms with Gasteiger partial charge in [-0.1, -0.05) is 43.7 Å². The molecule has 33 heavy (non-hydrogen) atoms. The van der Waals surface area contributed by atoms with Crippen molar-refractivity contribution >= 4 is 17.6 Å². The Kier molecular flexibility index (Phi) is 7.89. The van der Waals surface area contributed by atoms with Gasteiger partial charge in [-0.3, -0.25) is 9.59 Å². The number of carbonyl (C=O) groups excluding carboxylic acids is 2. The smallest absolute Gasteiger partial charge is 0.302 e. The van der Waals surface area contributed by atoms with Crippen LogP contribution in [0.4, 0.5) is 5.69 Å². The number of esters is 1. The molecule has 0 spiro atoms. The molecular formula is C27H31N3O3. The first-order valence-electron chi connectivity index (χ1n) is 11.4. The largest absolute Gasteiger partial charge is 0.464 e. The Hall–Kier alpha value is -3.59. The highest BCUT2D eigenvalue weighted by Crippen LogP contribution is 2.35. The van der Waals surface area contributed by atoms with E-state index in [2.05, 4.69) is 17.9 Å². The van der Waals surface area contributed by atoms with E-state index in [0.717, 1.165) is 47.3 Å². The molecule has 6 nitrogen and oxygen atoms in total. The Balaban J connectivity index is 1.97. The number of amides is 1. The zero-order chi connectivity index (χ0) is 24.0. The predicted octanol–water partition coefficient (Wildman–Crippen LogP) is 5.25. The quantitative estimate of drug-likeness (QED) is 0.519. The summed E-state index contributed by atoms with van der Waals surface area (Å²) < 4.78 is 5.10. The monoisotopic (exact) mass is 445 g/mol. The van der Waals surface area contributed by atoms with Crippen molar-refractivity contribution in [2.24, 2.45) is 0 Å². The van der Waals surface area contributed by atoms with Crippen molar-refractivity contribution in [3.63, 3.8) is 0 Å². The molecule has 1 unspecified atom stereocenters. The number of allylic oxidation sites excluding steroid dienone is 1. The van der Waals surface area contributed by atoms with Crippen molar-refractivity contribution in [1.82, 2.24) is 4.90 Å². The molecule has 0 saturated carbocycles. The van der Waals surface area contributed by atoms with Gasteiger partial charge in [0.1, 0.15) is 12.8 Å². The van der Waals surface area contributed by atoms with Crippen molar-refractivity contribution in [3.8, 4) is 17.2 Å². The SMILES string of the molecule is CCCCC1=C(C)C(=O)N(CCOC(C)=O)C(C)N1c1ccc(-c2ccccc2C#N)cc1. The fraction of sp³-hybridized carbons (Fsp3) is 0.370. The summed E-state index contributed by atoms with van der Waals surface area (Å²) in [7, 11) is 0. The molecule has 6 heteroatoms. The molecule has 0 radical (unpaired) electrons. The van der Waals surface area contributed by atoms with Crippen LogP contribution in [0.5, 0.6) is 0 Å². The maximum atomic E-state index is 13.1. The van der Waals surface area contributed by atoms with E-state index in [4.69, 9.17) is 4.74 Å². The van der Waals surface area contributed by atoms with Gasteiger partial charge >= 0.3 is 5.97 Å². The van der Waals surface area contributed by atoms with E-state index < -0.39 is 0 Å². The van der Waals surface area contributed by atoms with Gasteiger partial charge < -0.3 is 14.5 Å². The molecule has 1 aliphatic heterocycles. The zero-order valence-corrected chi connectivity index (χ0v) is 19.8. The highest BCUT2D eigenvalue weighted by Gasteiger charge is 2.35. The summed E-state index contributed by atoms with van der Waals surface area (Å²) in [6.07, 6.45) is 2.62. The van der Waals surface area contributed by atoms with Crippen molar-refractivity contribution < 1.29 is 14.3 Å². The van der Waals surface area contributed by atoms with Crippen LogP contribution >= 0.6 is 0 Å². The molecule has 0 bridgehead atoms. The number of hydrogen-bond donors (Lipinski definition) is 0. The fourth-order valence-electron chi connectivity index (χ4n) is 4.29. The lowest BCUT2D eigenvalue weighted by Crippen LogP contribution is -2.55. The first-order chi connectivity index (χ1) is 15.9. The number of ether oxygens (including phenoxy) is 1. The second-order valence-electron chi connectivity index (χ2n) is 8.22. The predicted molar refractivity (Wildman–Crippen MR) is 129 cm³/mol. The normalized spacial score (nSPS) is 16.1. The molecule has 2 aromatic carbocycles. The van der Waals surface area contributed by atoms with Crippen molar-refractivity contribution in [3.05, 3.63) is 65.4 Å². The Bertz CT molecular complexity index is 1080. The fourth-order valence-corrected chi connectivity index (χ4v) is 4.29. The Morgan fingerprint density at radius 3 is 2.48 bits per heavy atom. The number of anilines is 1. The Labute approximate surface area is 196 Å². The summed E-state index contributed by atoms with van der Waals surface area (Å²) in [6, 6.07) is 17.9. The van der Waals surface area contributed by atoms with Crippen molar-refractivity contribution in [2.45, 2.75) is 53.1 Å². The molecule has 0 aliphatic carbocycles. The third-order valence-corrected chi connectivity index (χ3v) is 6.04. The maximum absolute atomic E-state index is 13.1. The summed E-state index contributed by atoms with van der Waals surface area (Å²) in [5, 5.41) is 9.45. The van der Waals surface area contributed by atoms with Gasteiger partial charge in [-0.05, 0) is 56.0 Å². The Morgan fingerprint density at radius 2 is 1.85 bits per heavy atom. The van der Waals surface area contributed by atoms with E-state index in [9.17, 15) is 14.9 Å². The van der Waals surface area contributed by atoms with E-state index in [0.29, 0.717) is 12.1 Å². The van der Waals surface area contributed by atoms with Crippen LogP contribution in [-0.4, -0.2) is 36.1 Å². The average molecular weight is 446 g/mol. The summed E-state index contributed by atoms with van der Waals surface area (Å²) in [5.74, 6) is -0.371. The standard InChI is InChI=1S/C27H31N3O3/c1-5-6-11-26-19(2)27(32)29(16-17-33-21(4)31)20(3)30(26)24-14-12-22(13-15-24)25-10-8-7-9-23(25)18-28/h7-10,12-15,20H,5-6,11,16-17H2,1-4H3. The van der Waals surface area contributed by atoms with E-state index in [1.54, 1.807) is 4.90 Å². The highest BCUT2D eigenvalue weighted by molar-refractivity contribution is 5.96. The summed E-state index contributed by atoms with van der Waals surface area (Å²) in [4.78, 5) is 28.3. The van der Waals surface area contributed by atoms with E-state index in [1.807, 2.05) is 62.4 Å². The second-order valence-corrected chi connectivity index (χ2v) is 8.22. The van der Waals surface area contributed by atoms with Crippen LogP contribution in [0, 0.1) is 11.3 Å². The van der Waals surface area contributed by atoms with Crippen LogP contribution < -0.4 is 4.90 Å².